The molecule has 0 unspecified atom stereocenters. The maximum absolute atomic E-state index is 13.0. The van der Waals surface area contributed by atoms with Crippen molar-refractivity contribution in [2.45, 2.75) is 12.8 Å². The second-order valence-corrected chi connectivity index (χ2v) is 9.07. The molecule has 0 spiro atoms. The molecule has 0 saturated carbocycles. The molecule has 0 aromatic heterocycles. The number of hydrogen-bond acceptors (Lipinski definition) is 4. The zero-order chi connectivity index (χ0) is 24.2. The Bertz CT molecular complexity index is 1230. The van der Waals surface area contributed by atoms with Crippen molar-refractivity contribution in [1.29, 1.82) is 0 Å². The van der Waals surface area contributed by atoms with Crippen molar-refractivity contribution in [3.8, 4) is 0 Å². The molecule has 0 radical (unpaired) electrons. The molecule has 35 heavy (non-hydrogen) atoms. The lowest BCUT2D eigenvalue weighted by Gasteiger charge is -2.34. The summed E-state index contributed by atoms with van der Waals surface area (Å²) in [5.74, 6) is -0.461. The summed E-state index contributed by atoms with van der Waals surface area (Å²) >= 11 is 0. The molecular formula is C29H29N3O3. The highest BCUT2D eigenvalue weighted by atomic mass is 16.2. The standard InChI is InChI=1S/C29H29N3O3/c33-26(31-20-18-30(19-21-31)16-6-10-22-8-2-1-3-9-22)15-7-17-32-28(34)24-13-4-11-23-12-5-14-25(27(23)24)29(32)35/h1-6,8-14H,7,15-21H2. The summed E-state index contributed by atoms with van der Waals surface area (Å²) in [7, 11) is 0. The van der Waals surface area contributed by atoms with Crippen molar-refractivity contribution in [3.05, 3.63) is 89.5 Å². The Kier molecular flexibility index (Phi) is 6.73. The van der Waals surface area contributed by atoms with E-state index in [1.807, 2.05) is 47.4 Å². The van der Waals surface area contributed by atoms with Crippen molar-refractivity contribution in [3.63, 3.8) is 0 Å². The predicted molar refractivity (Wildman–Crippen MR) is 137 cm³/mol. The Morgan fingerprint density at radius 3 is 2.11 bits per heavy atom. The fourth-order valence-corrected chi connectivity index (χ4v) is 4.91. The van der Waals surface area contributed by atoms with Crippen LogP contribution in [0, 0.1) is 0 Å². The molecule has 2 aliphatic heterocycles. The zero-order valence-corrected chi connectivity index (χ0v) is 19.7. The van der Waals surface area contributed by atoms with Gasteiger partial charge >= 0.3 is 0 Å². The van der Waals surface area contributed by atoms with Crippen LogP contribution in [0.15, 0.2) is 72.8 Å². The Balaban J connectivity index is 1.10. The molecule has 3 aromatic carbocycles. The van der Waals surface area contributed by atoms with Crippen molar-refractivity contribution < 1.29 is 14.4 Å². The SMILES string of the molecule is O=C(CCCN1C(=O)c2cccc3cccc(c23)C1=O)N1CCN(CC=Cc2ccccc2)CC1. The molecule has 6 heteroatoms. The lowest BCUT2D eigenvalue weighted by molar-refractivity contribution is -0.133. The van der Waals surface area contributed by atoms with E-state index >= 15 is 0 Å². The first-order valence-corrected chi connectivity index (χ1v) is 12.2. The molecule has 178 valence electrons. The number of carbonyl (C=O) groups excluding carboxylic acids is 3. The van der Waals surface area contributed by atoms with Crippen LogP contribution < -0.4 is 0 Å². The minimum atomic E-state index is -0.274. The van der Waals surface area contributed by atoms with Gasteiger partial charge in [-0.25, -0.2) is 0 Å². The maximum atomic E-state index is 13.0. The first-order chi connectivity index (χ1) is 17.1. The molecule has 1 saturated heterocycles. The summed E-state index contributed by atoms with van der Waals surface area (Å²) in [6.07, 6.45) is 5.09. The highest BCUT2D eigenvalue weighted by molar-refractivity contribution is 6.25. The Morgan fingerprint density at radius 2 is 1.46 bits per heavy atom. The van der Waals surface area contributed by atoms with Gasteiger partial charge in [0.1, 0.15) is 0 Å². The largest absolute Gasteiger partial charge is 0.340 e. The van der Waals surface area contributed by atoms with Gasteiger partial charge in [-0.1, -0.05) is 66.7 Å². The van der Waals surface area contributed by atoms with Gasteiger partial charge in [-0.2, -0.15) is 0 Å². The van der Waals surface area contributed by atoms with Crippen LogP contribution in [-0.2, 0) is 4.79 Å². The van der Waals surface area contributed by atoms with Gasteiger partial charge < -0.3 is 4.90 Å². The molecule has 3 amide bonds. The molecule has 2 aliphatic rings. The number of rotatable bonds is 7. The summed E-state index contributed by atoms with van der Waals surface area (Å²) < 4.78 is 0. The molecule has 3 aromatic rings. The number of imide groups is 1. The quantitative estimate of drug-likeness (QED) is 0.492. The number of amides is 3. The first kappa shape index (κ1) is 23.0. The predicted octanol–water partition coefficient (Wildman–Crippen LogP) is 4.07. The monoisotopic (exact) mass is 467 g/mol. The molecule has 1 fully saturated rings. The first-order valence-electron chi connectivity index (χ1n) is 12.2. The summed E-state index contributed by atoms with van der Waals surface area (Å²) in [6, 6.07) is 21.3. The topological polar surface area (TPSA) is 60.9 Å². The highest BCUT2D eigenvalue weighted by Gasteiger charge is 2.32. The van der Waals surface area contributed by atoms with Gasteiger partial charge in [0.2, 0.25) is 5.91 Å². The number of nitrogens with zero attached hydrogens (tertiary/aromatic N) is 3. The van der Waals surface area contributed by atoms with Crippen LogP contribution >= 0.6 is 0 Å². The van der Waals surface area contributed by atoms with Crippen LogP contribution in [0.1, 0.15) is 39.1 Å². The van der Waals surface area contributed by atoms with Gasteiger partial charge in [-0.05, 0) is 29.5 Å². The molecule has 0 bridgehead atoms. The average molecular weight is 468 g/mol. The number of carbonyl (C=O) groups is 3. The third kappa shape index (κ3) is 4.88. The normalized spacial score (nSPS) is 16.5. The molecular weight excluding hydrogens is 438 g/mol. The maximum Gasteiger partial charge on any atom is 0.261 e. The van der Waals surface area contributed by atoms with Gasteiger partial charge in [0.25, 0.3) is 11.8 Å². The van der Waals surface area contributed by atoms with Crippen molar-refractivity contribution >= 4 is 34.6 Å². The van der Waals surface area contributed by atoms with E-state index in [0.717, 1.165) is 30.4 Å². The van der Waals surface area contributed by atoms with Crippen molar-refractivity contribution in [2.24, 2.45) is 0 Å². The summed E-state index contributed by atoms with van der Waals surface area (Å²) in [5.41, 5.74) is 2.30. The minimum Gasteiger partial charge on any atom is -0.340 e. The molecule has 0 aliphatic carbocycles. The molecule has 6 nitrogen and oxygen atoms in total. The average Bonchev–Trinajstić information content (AvgIpc) is 2.90. The van der Waals surface area contributed by atoms with Gasteiger partial charge in [0.15, 0.2) is 0 Å². The smallest absolute Gasteiger partial charge is 0.261 e. The van der Waals surface area contributed by atoms with E-state index in [4.69, 9.17) is 0 Å². The fraction of sp³-hybridized carbons (Fsp3) is 0.276. The zero-order valence-electron chi connectivity index (χ0n) is 19.7. The van der Waals surface area contributed by atoms with Crippen molar-refractivity contribution in [2.75, 3.05) is 39.3 Å². The Labute approximate surface area is 205 Å². The van der Waals surface area contributed by atoms with E-state index in [1.165, 1.54) is 10.5 Å². The lowest BCUT2D eigenvalue weighted by Crippen LogP contribution is -2.48. The number of benzene rings is 3. The van der Waals surface area contributed by atoms with E-state index in [2.05, 4.69) is 29.2 Å². The highest BCUT2D eigenvalue weighted by Crippen LogP contribution is 2.30. The molecule has 2 heterocycles. The number of piperazine rings is 1. The van der Waals surface area contributed by atoms with Crippen LogP contribution in [0.2, 0.25) is 0 Å². The van der Waals surface area contributed by atoms with E-state index in [-0.39, 0.29) is 24.3 Å². The molecule has 0 atom stereocenters. The van der Waals surface area contributed by atoms with Crippen LogP contribution in [0.4, 0.5) is 0 Å². The summed E-state index contributed by atoms with van der Waals surface area (Å²) in [4.78, 5) is 44.3. The summed E-state index contributed by atoms with van der Waals surface area (Å²) in [6.45, 7) is 4.20. The van der Waals surface area contributed by atoms with Crippen LogP contribution in [-0.4, -0.2) is 71.7 Å². The third-order valence-electron chi connectivity index (χ3n) is 6.83. The summed E-state index contributed by atoms with van der Waals surface area (Å²) in [5, 5.41) is 1.63. The molecule has 5 rings (SSSR count). The van der Waals surface area contributed by atoms with Crippen LogP contribution in [0.5, 0.6) is 0 Å². The van der Waals surface area contributed by atoms with Gasteiger partial charge in [0.05, 0.1) is 0 Å². The van der Waals surface area contributed by atoms with E-state index in [0.29, 0.717) is 37.1 Å². The van der Waals surface area contributed by atoms with Crippen LogP contribution in [0.25, 0.3) is 16.8 Å². The van der Waals surface area contributed by atoms with E-state index in [9.17, 15) is 14.4 Å². The third-order valence-corrected chi connectivity index (χ3v) is 6.83. The Morgan fingerprint density at radius 1 is 0.800 bits per heavy atom. The van der Waals surface area contributed by atoms with E-state index < -0.39 is 0 Å². The van der Waals surface area contributed by atoms with Gasteiger partial charge in [-0.15, -0.1) is 0 Å². The second kappa shape index (κ2) is 10.2. The van der Waals surface area contributed by atoms with Gasteiger partial charge in [0, 0.05) is 62.2 Å². The van der Waals surface area contributed by atoms with Crippen LogP contribution in [0.3, 0.4) is 0 Å². The van der Waals surface area contributed by atoms with E-state index in [1.54, 1.807) is 12.1 Å². The fourth-order valence-electron chi connectivity index (χ4n) is 4.91. The van der Waals surface area contributed by atoms with Crippen molar-refractivity contribution in [1.82, 2.24) is 14.7 Å². The lowest BCUT2D eigenvalue weighted by atomic mass is 9.94. The minimum absolute atomic E-state index is 0.0869. The second-order valence-electron chi connectivity index (χ2n) is 9.07. The number of hydrogen-bond donors (Lipinski definition) is 0. The molecule has 0 N–H and O–H groups in total. The van der Waals surface area contributed by atoms with Gasteiger partial charge in [-0.3, -0.25) is 24.2 Å². The Hall–Kier alpha value is -3.77.